The smallest absolute Gasteiger partial charge is 0.245 e. The van der Waals surface area contributed by atoms with E-state index < -0.39 is 0 Å². The highest BCUT2D eigenvalue weighted by atomic mass is 16.5. The lowest BCUT2D eigenvalue weighted by Crippen LogP contribution is -2.02. The number of hydrogen-bond donors (Lipinski definition) is 1. The lowest BCUT2D eigenvalue weighted by atomic mass is 10.2. The van der Waals surface area contributed by atoms with Crippen LogP contribution in [0.3, 0.4) is 0 Å². The maximum atomic E-state index is 5.86. The summed E-state index contributed by atoms with van der Waals surface area (Å²) in [6, 6.07) is 13.5. The van der Waals surface area contributed by atoms with Gasteiger partial charge in [0.15, 0.2) is 11.3 Å². The Morgan fingerprint density at radius 3 is 2.78 bits per heavy atom. The third-order valence-electron chi connectivity index (χ3n) is 3.49. The first-order valence-corrected chi connectivity index (χ1v) is 7.30. The third kappa shape index (κ3) is 2.34. The summed E-state index contributed by atoms with van der Waals surface area (Å²) in [6.07, 6.45) is 0. The van der Waals surface area contributed by atoms with Crippen LogP contribution in [0, 0.1) is 0 Å². The van der Waals surface area contributed by atoms with E-state index in [4.69, 9.17) is 14.9 Å². The molecule has 0 radical (unpaired) electrons. The van der Waals surface area contributed by atoms with Crippen LogP contribution in [-0.2, 0) is 0 Å². The summed E-state index contributed by atoms with van der Waals surface area (Å²) in [7, 11) is 0. The molecule has 23 heavy (non-hydrogen) atoms. The molecule has 0 unspecified atom stereocenters. The van der Waals surface area contributed by atoms with Gasteiger partial charge in [-0.15, -0.1) is 0 Å². The topological polar surface area (TPSA) is 87.1 Å². The number of nitrogen functional groups attached to an aromatic ring is 1. The Bertz CT molecular complexity index is 977. The minimum atomic E-state index is 0.166. The second-order valence-electron chi connectivity index (χ2n) is 5.03. The summed E-state index contributed by atoms with van der Waals surface area (Å²) in [4.78, 5) is 12.9. The molecule has 0 saturated carbocycles. The van der Waals surface area contributed by atoms with Crippen molar-refractivity contribution >= 4 is 28.0 Å². The largest absolute Gasteiger partial charge is 0.476 e. The molecule has 0 fully saturated rings. The van der Waals surface area contributed by atoms with Gasteiger partial charge in [0.25, 0.3) is 0 Å². The lowest BCUT2D eigenvalue weighted by Gasteiger charge is -2.07. The first kappa shape index (κ1) is 13.5. The number of nitrogens with two attached hydrogens (primary N) is 1. The van der Waals surface area contributed by atoms with Crippen molar-refractivity contribution < 1.29 is 9.15 Å². The number of aromatic nitrogens is 3. The third-order valence-corrected chi connectivity index (χ3v) is 3.49. The number of pyridine rings is 1. The van der Waals surface area contributed by atoms with E-state index >= 15 is 0 Å². The SMILES string of the molecule is CCOc1nc(N)nc2ccc(-c3cc4ccccc4o3)nc12. The minimum absolute atomic E-state index is 0.166. The zero-order valence-electron chi connectivity index (χ0n) is 12.5. The molecular formula is C17H14N4O2. The van der Waals surface area contributed by atoms with Gasteiger partial charge in [0.05, 0.1) is 12.1 Å². The summed E-state index contributed by atoms with van der Waals surface area (Å²) < 4.78 is 11.4. The summed E-state index contributed by atoms with van der Waals surface area (Å²) in [5.74, 6) is 1.24. The molecule has 0 amide bonds. The van der Waals surface area contributed by atoms with Crippen molar-refractivity contribution in [2.45, 2.75) is 6.92 Å². The van der Waals surface area contributed by atoms with Crippen molar-refractivity contribution in [1.82, 2.24) is 15.0 Å². The summed E-state index contributed by atoms with van der Waals surface area (Å²) in [5, 5.41) is 1.03. The molecule has 0 atom stereocenters. The molecule has 114 valence electrons. The number of para-hydroxylation sites is 1. The average Bonchev–Trinajstić information content (AvgIpc) is 2.99. The normalized spacial score (nSPS) is 11.2. The van der Waals surface area contributed by atoms with E-state index in [1.807, 2.05) is 49.4 Å². The molecule has 6 heteroatoms. The predicted octanol–water partition coefficient (Wildman–Crippen LogP) is 3.42. The quantitative estimate of drug-likeness (QED) is 0.624. The van der Waals surface area contributed by atoms with Gasteiger partial charge >= 0.3 is 0 Å². The van der Waals surface area contributed by atoms with Crippen LogP contribution in [0.2, 0.25) is 0 Å². The second kappa shape index (κ2) is 5.24. The van der Waals surface area contributed by atoms with Crippen LogP contribution < -0.4 is 10.5 Å². The van der Waals surface area contributed by atoms with Crippen molar-refractivity contribution in [2.24, 2.45) is 0 Å². The summed E-state index contributed by atoms with van der Waals surface area (Å²) in [6.45, 7) is 2.36. The summed E-state index contributed by atoms with van der Waals surface area (Å²) in [5.41, 5.74) is 8.43. The first-order valence-electron chi connectivity index (χ1n) is 7.30. The number of nitrogens with zero attached hydrogens (tertiary/aromatic N) is 3. The molecule has 0 bridgehead atoms. The van der Waals surface area contributed by atoms with Gasteiger partial charge in [-0.3, -0.25) is 0 Å². The molecule has 0 saturated heterocycles. The van der Waals surface area contributed by atoms with Crippen LogP contribution in [0.15, 0.2) is 46.9 Å². The van der Waals surface area contributed by atoms with Gasteiger partial charge < -0.3 is 14.9 Å². The molecule has 0 aliphatic rings. The minimum Gasteiger partial charge on any atom is -0.476 e. The predicted molar refractivity (Wildman–Crippen MR) is 88.1 cm³/mol. The number of ether oxygens (including phenoxy) is 1. The van der Waals surface area contributed by atoms with Crippen LogP contribution in [-0.4, -0.2) is 21.6 Å². The monoisotopic (exact) mass is 306 g/mol. The molecule has 3 heterocycles. The molecular weight excluding hydrogens is 292 g/mol. The number of benzene rings is 1. The molecule has 4 rings (SSSR count). The van der Waals surface area contributed by atoms with Crippen molar-refractivity contribution in [2.75, 3.05) is 12.3 Å². The maximum absolute atomic E-state index is 5.86. The van der Waals surface area contributed by atoms with Crippen molar-refractivity contribution in [3.63, 3.8) is 0 Å². The molecule has 2 N–H and O–H groups in total. The van der Waals surface area contributed by atoms with Crippen LogP contribution in [0.5, 0.6) is 5.88 Å². The fourth-order valence-corrected chi connectivity index (χ4v) is 2.49. The first-order chi connectivity index (χ1) is 11.2. The van der Waals surface area contributed by atoms with Gasteiger partial charge in [-0.2, -0.15) is 4.98 Å². The molecule has 0 spiro atoms. The van der Waals surface area contributed by atoms with Gasteiger partial charge in [-0.05, 0) is 31.2 Å². The Balaban J connectivity index is 1.90. The molecule has 3 aromatic heterocycles. The van der Waals surface area contributed by atoms with E-state index in [1.165, 1.54) is 0 Å². The molecule has 1 aromatic carbocycles. The second-order valence-corrected chi connectivity index (χ2v) is 5.03. The number of fused-ring (bicyclic) bond motifs is 2. The zero-order chi connectivity index (χ0) is 15.8. The molecule has 4 aromatic rings. The fourth-order valence-electron chi connectivity index (χ4n) is 2.49. The van der Waals surface area contributed by atoms with Gasteiger partial charge in [-0.1, -0.05) is 18.2 Å². The standard InChI is InChI=1S/C17H14N4O2/c1-2-22-16-15-12(20-17(18)21-16)8-7-11(19-15)14-9-10-5-3-4-6-13(10)23-14/h3-9H,2H2,1H3,(H2,18,20,21). The highest BCUT2D eigenvalue weighted by Gasteiger charge is 2.13. The number of rotatable bonds is 3. The van der Waals surface area contributed by atoms with Crippen LogP contribution in [0.4, 0.5) is 5.95 Å². The Morgan fingerprint density at radius 1 is 1.09 bits per heavy atom. The van der Waals surface area contributed by atoms with E-state index in [2.05, 4.69) is 15.0 Å². The molecule has 6 nitrogen and oxygen atoms in total. The van der Waals surface area contributed by atoms with Crippen molar-refractivity contribution in [3.8, 4) is 17.3 Å². The molecule has 0 aliphatic carbocycles. The lowest BCUT2D eigenvalue weighted by molar-refractivity contribution is 0.330. The zero-order valence-corrected chi connectivity index (χ0v) is 12.5. The highest BCUT2D eigenvalue weighted by molar-refractivity contribution is 5.85. The van der Waals surface area contributed by atoms with Gasteiger partial charge in [0.2, 0.25) is 11.8 Å². The Hall–Kier alpha value is -3.15. The van der Waals surface area contributed by atoms with E-state index in [9.17, 15) is 0 Å². The Labute approximate surface area is 131 Å². The fraction of sp³-hybridized carbons (Fsp3) is 0.118. The van der Waals surface area contributed by atoms with Gasteiger partial charge in [0, 0.05) is 5.39 Å². The van der Waals surface area contributed by atoms with Crippen LogP contribution in [0.1, 0.15) is 6.92 Å². The Morgan fingerprint density at radius 2 is 1.96 bits per heavy atom. The number of hydrogen-bond acceptors (Lipinski definition) is 6. The Kier molecular flexibility index (Phi) is 3.08. The van der Waals surface area contributed by atoms with E-state index in [-0.39, 0.29) is 5.95 Å². The van der Waals surface area contributed by atoms with E-state index in [0.29, 0.717) is 35.0 Å². The summed E-state index contributed by atoms with van der Waals surface area (Å²) >= 11 is 0. The van der Waals surface area contributed by atoms with Crippen LogP contribution in [0.25, 0.3) is 33.5 Å². The van der Waals surface area contributed by atoms with Crippen molar-refractivity contribution in [3.05, 3.63) is 42.5 Å². The average molecular weight is 306 g/mol. The van der Waals surface area contributed by atoms with Crippen LogP contribution >= 0.6 is 0 Å². The van der Waals surface area contributed by atoms with E-state index in [1.54, 1.807) is 0 Å². The number of furan rings is 1. The van der Waals surface area contributed by atoms with E-state index in [0.717, 1.165) is 11.0 Å². The van der Waals surface area contributed by atoms with Gasteiger partial charge in [0.1, 0.15) is 11.3 Å². The van der Waals surface area contributed by atoms with Crippen molar-refractivity contribution in [1.29, 1.82) is 0 Å². The molecule has 0 aliphatic heterocycles. The number of anilines is 1. The van der Waals surface area contributed by atoms with Gasteiger partial charge in [-0.25, -0.2) is 9.97 Å². The highest BCUT2D eigenvalue weighted by Crippen LogP contribution is 2.29. The maximum Gasteiger partial charge on any atom is 0.245 e.